The summed E-state index contributed by atoms with van der Waals surface area (Å²) in [6.45, 7) is 1.45. The smallest absolute Gasteiger partial charge is 0.259 e. The average molecular weight is 814 g/mol. The van der Waals surface area contributed by atoms with Crippen LogP contribution in [0.15, 0.2) is 54.6 Å². The third-order valence-electron chi connectivity index (χ3n) is 12.8. The van der Waals surface area contributed by atoms with E-state index in [-0.39, 0.29) is 37.1 Å². The first-order valence-electron chi connectivity index (χ1n) is 21.2. The lowest BCUT2D eigenvalue weighted by Crippen LogP contribution is -2.57. The van der Waals surface area contributed by atoms with E-state index in [1.807, 2.05) is 59.5 Å². The SMILES string of the molecule is COc1ccc2c(OC3CC4C(=O)NC5(C(=O)NS(=O)(=O)C6CC6)CC5CCCCCCCC(CC(=O)N5CCCCC5)C(=O)N4C3)cc(-c3ccccc3)nc2c1. The number of pyridine rings is 1. The van der Waals surface area contributed by atoms with Crippen LogP contribution in [-0.4, -0.2) is 96.5 Å². The standard InChI is InChI=1S/C44H55N5O8S/c1-56-32-17-20-35-37(24-32)45-36(29-13-8-5-9-14-29)26-39(35)57-33-25-38-41(51)46-44(43(53)47-58(54,55)34-18-19-34)27-31(44)16-10-4-2-3-7-15-30(42(52)49(38)28-33)23-40(50)48-21-11-6-12-22-48/h5,8-9,13-14,17,20,24,26,30-31,33-34,38H,2-4,6-7,10-12,15-16,18-19,21-23,25,27-28H2,1H3,(H,46,51)(H,47,53). The largest absolute Gasteiger partial charge is 0.497 e. The fraction of sp³-hybridized carbons (Fsp3) is 0.568. The Morgan fingerprint density at radius 1 is 0.914 bits per heavy atom. The molecule has 5 atom stereocenters. The third kappa shape index (κ3) is 8.67. The molecular formula is C44H55N5O8S. The van der Waals surface area contributed by atoms with Gasteiger partial charge in [0, 0.05) is 54.9 Å². The number of benzene rings is 2. The molecule has 2 aromatic carbocycles. The number of amides is 4. The number of aromatic nitrogens is 1. The Morgan fingerprint density at radius 2 is 1.64 bits per heavy atom. The predicted octanol–water partition coefficient (Wildman–Crippen LogP) is 5.51. The van der Waals surface area contributed by atoms with Crippen molar-refractivity contribution in [2.45, 2.75) is 119 Å². The van der Waals surface area contributed by atoms with E-state index in [4.69, 9.17) is 14.5 Å². The highest BCUT2D eigenvalue weighted by atomic mass is 32.2. The van der Waals surface area contributed by atoms with Crippen molar-refractivity contribution in [3.63, 3.8) is 0 Å². The predicted molar refractivity (Wildman–Crippen MR) is 218 cm³/mol. The molecule has 14 heteroatoms. The van der Waals surface area contributed by atoms with Crippen molar-refractivity contribution < 1.29 is 37.1 Å². The van der Waals surface area contributed by atoms with Crippen molar-refractivity contribution in [3.05, 3.63) is 54.6 Å². The summed E-state index contributed by atoms with van der Waals surface area (Å²) in [6, 6.07) is 16.1. The van der Waals surface area contributed by atoms with Crippen LogP contribution in [0.3, 0.4) is 0 Å². The van der Waals surface area contributed by atoms with E-state index in [0.717, 1.165) is 62.3 Å². The second-order valence-electron chi connectivity index (χ2n) is 17.0. The van der Waals surface area contributed by atoms with Crippen LogP contribution >= 0.6 is 0 Å². The van der Waals surface area contributed by atoms with Crippen molar-refractivity contribution in [1.29, 1.82) is 0 Å². The van der Waals surface area contributed by atoms with E-state index in [9.17, 15) is 27.6 Å². The van der Waals surface area contributed by atoms with Crippen LogP contribution in [-0.2, 0) is 29.2 Å². The number of likely N-dealkylation sites (tertiary alicyclic amines) is 1. The summed E-state index contributed by atoms with van der Waals surface area (Å²) in [4.78, 5) is 65.4. The van der Waals surface area contributed by atoms with Gasteiger partial charge in [-0.25, -0.2) is 13.4 Å². The molecule has 0 bridgehead atoms. The highest BCUT2D eigenvalue weighted by Gasteiger charge is 2.62. The molecule has 310 valence electrons. The summed E-state index contributed by atoms with van der Waals surface area (Å²) in [5.74, 6) is -1.22. The number of fused-ring (bicyclic) bond motifs is 3. The zero-order valence-electron chi connectivity index (χ0n) is 33.3. The number of carbonyl (C=O) groups excluding carboxylic acids is 4. The maximum Gasteiger partial charge on any atom is 0.259 e. The minimum absolute atomic E-state index is 0.0376. The van der Waals surface area contributed by atoms with Crippen molar-refractivity contribution >= 4 is 44.6 Å². The first-order valence-corrected chi connectivity index (χ1v) is 22.8. The van der Waals surface area contributed by atoms with E-state index in [1.54, 1.807) is 12.0 Å². The van der Waals surface area contributed by atoms with Gasteiger partial charge in [0.05, 0.1) is 30.1 Å². The highest BCUT2D eigenvalue weighted by Crippen LogP contribution is 2.48. The van der Waals surface area contributed by atoms with Crippen LogP contribution in [0.2, 0.25) is 0 Å². The minimum Gasteiger partial charge on any atom is -0.497 e. The lowest BCUT2D eigenvalue weighted by atomic mass is 9.94. The van der Waals surface area contributed by atoms with Crippen LogP contribution in [0.5, 0.6) is 11.5 Å². The summed E-state index contributed by atoms with van der Waals surface area (Å²) in [5, 5.41) is 3.15. The highest BCUT2D eigenvalue weighted by molar-refractivity contribution is 7.91. The number of nitrogens with zero attached hydrogens (tertiary/aromatic N) is 3. The third-order valence-corrected chi connectivity index (χ3v) is 14.6. The maximum atomic E-state index is 14.9. The molecule has 2 saturated carbocycles. The second-order valence-corrected chi connectivity index (χ2v) is 18.9. The Hall–Kier alpha value is -4.72. The van der Waals surface area contributed by atoms with Gasteiger partial charge < -0.3 is 24.6 Å². The fourth-order valence-electron chi connectivity index (χ4n) is 9.21. The lowest BCUT2D eigenvalue weighted by Gasteiger charge is -2.31. The number of hydrogen-bond donors (Lipinski definition) is 2. The lowest BCUT2D eigenvalue weighted by molar-refractivity contribution is -0.145. The number of nitrogens with one attached hydrogen (secondary N) is 2. The van der Waals surface area contributed by atoms with Crippen molar-refractivity contribution in [2.75, 3.05) is 26.7 Å². The molecular weight excluding hydrogens is 759 g/mol. The number of sulfonamides is 1. The van der Waals surface area contributed by atoms with Gasteiger partial charge in [0.2, 0.25) is 27.7 Å². The Morgan fingerprint density at radius 3 is 2.38 bits per heavy atom. The van der Waals surface area contributed by atoms with Crippen LogP contribution in [0.1, 0.15) is 96.3 Å². The van der Waals surface area contributed by atoms with Crippen molar-refractivity contribution in [1.82, 2.24) is 24.8 Å². The normalized spacial score (nSPS) is 27.1. The number of rotatable bonds is 9. The number of methoxy groups -OCH3 is 1. The number of ether oxygens (including phenoxy) is 2. The number of piperidine rings is 1. The molecule has 2 N–H and O–H groups in total. The first-order chi connectivity index (χ1) is 28.0. The summed E-state index contributed by atoms with van der Waals surface area (Å²) >= 11 is 0. The van der Waals surface area contributed by atoms with Crippen LogP contribution in [0.25, 0.3) is 22.2 Å². The van der Waals surface area contributed by atoms with E-state index >= 15 is 0 Å². The molecule has 0 spiro atoms. The molecule has 5 aliphatic rings. The molecule has 3 aromatic rings. The topological polar surface area (TPSA) is 164 Å². The molecule has 1 aromatic heterocycles. The zero-order chi connectivity index (χ0) is 40.4. The molecule has 4 heterocycles. The van der Waals surface area contributed by atoms with E-state index in [1.165, 1.54) is 0 Å². The molecule has 4 amide bonds. The van der Waals surface area contributed by atoms with Gasteiger partial charge in [-0.3, -0.25) is 23.9 Å². The second kappa shape index (κ2) is 16.9. The van der Waals surface area contributed by atoms with E-state index in [0.29, 0.717) is 67.9 Å². The molecule has 5 unspecified atom stereocenters. The Kier molecular flexibility index (Phi) is 11.7. The Balaban J connectivity index is 1.12. The monoisotopic (exact) mass is 813 g/mol. The molecule has 3 saturated heterocycles. The molecule has 5 fully saturated rings. The van der Waals surface area contributed by atoms with Gasteiger partial charge in [-0.2, -0.15) is 0 Å². The van der Waals surface area contributed by atoms with Gasteiger partial charge >= 0.3 is 0 Å². The van der Waals surface area contributed by atoms with Gasteiger partial charge in [0.25, 0.3) is 5.91 Å². The van der Waals surface area contributed by atoms with Crippen molar-refractivity contribution in [2.24, 2.45) is 11.8 Å². The van der Waals surface area contributed by atoms with Gasteiger partial charge in [0.15, 0.2) is 0 Å². The maximum absolute atomic E-state index is 14.9. The van der Waals surface area contributed by atoms with Gasteiger partial charge in [-0.1, -0.05) is 62.4 Å². The molecule has 13 nitrogen and oxygen atoms in total. The molecule has 0 radical (unpaired) electrons. The summed E-state index contributed by atoms with van der Waals surface area (Å²) in [5.41, 5.74) is 0.838. The zero-order valence-corrected chi connectivity index (χ0v) is 34.1. The van der Waals surface area contributed by atoms with E-state index < -0.39 is 50.7 Å². The van der Waals surface area contributed by atoms with Crippen LogP contribution in [0, 0.1) is 11.8 Å². The van der Waals surface area contributed by atoms with E-state index in [2.05, 4.69) is 10.0 Å². The Labute approximate surface area is 340 Å². The number of carbonyl (C=O) groups is 4. The molecule has 8 rings (SSSR count). The van der Waals surface area contributed by atoms with Gasteiger partial charge in [-0.15, -0.1) is 0 Å². The van der Waals surface area contributed by atoms with Crippen LogP contribution < -0.4 is 19.5 Å². The molecule has 2 aliphatic carbocycles. The molecule has 58 heavy (non-hydrogen) atoms. The average Bonchev–Trinajstić information content (AvgIpc) is 4.16. The Bertz CT molecular complexity index is 2140. The van der Waals surface area contributed by atoms with Crippen molar-refractivity contribution in [3.8, 4) is 22.8 Å². The number of hydrogen-bond acceptors (Lipinski definition) is 9. The summed E-state index contributed by atoms with van der Waals surface area (Å²) < 4.78 is 40.5. The minimum atomic E-state index is -3.86. The van der Waals surface area contributed by atoms with Gasteiger partial charge in [-0.05, 0) is 69.4 Å². The summed E-state index contributed by atoms with van der Waals surface area (Å²) in [6.07, 6.45) is 9.44. The molecule has 3 aliphatic heterocycles. The summed E-state index contributed by atoms with van der Waals surface area (Å²) in [7, 11) is -2.26. The first kappa shape index (κ1) is 40.1. The van der Waals surface area contributed by atoms with Crippen LogP contribution in [0.4, 0.5) is 0 Å². The quantitative estimate of drug-likeness (QED) is 0.284. The fourth-order valence-corrected chi connectivity index (χ4v) is 10.6. The van der Waals surface area contributed by atoms with Gasteiger partial charge in [0.1, 0.15) is 29.2 Å².